The molecule has 0 radical (unpaired) electrons. The minimum atomic E-state index is -3.89. The fourth-order valence-corrected chi connectivity index (χ4v) is 2.77. The molecule has 0 aliphatic rings. The number of nitrogens with one attached hydrogen (secondary N) is 1. The Morgan fingerprint density at radius 1 is 1.25 bits per heavy atom. The number of ether oxygens (including phenoxy) is 1. The summed E-state index contributed by atoms with van der Waals surface area (Å²) in [5, 5.41) is 7.33. The molecule has 106 valence electrons. The maximum Gasteiger partial charge on any atom is 0.266 e. The third-order valence-corrected chi connectivity index (χ3v) is 3.93. The van der Waals surface area contributed by atoms with E-state index in [1.807, 2.05) is 0 Å². The number of hydrogen-bond donors (Lipinski definition) is 2. The highest BCUT2D eigenvalue weighted by Crippen LogP contribution is 2.27. The van der Waals surface area contributed by atoms with Gasteiger partial charge in [-0.1, -0.05) is 11.6 Å². The third-order valence-electron chi connectivity index (χ3n) is 2.35. The summed E-state index contributed by atoms with van der Waals surface area (Å²) >= 11 is 5.58. The van der Waals surface area contributed by atoms with Crippen LogP contribution in [0.1, 0.15) is 0 Å². The van der Waals surface area contributed by atoms with Gasteiger partial charge < -0.3 is 10.5 Å². The summed E-state index contributed by atoms with van der Waals surface area (Å²) in [7, 11) is -2.52. The summed E-state index contributed by atoms with van der Waals surface area (Å²) in [5.41, 5.74) is 5.90. The largest absolute Gasteiger partial charge is 0.495 e. The summed E-state index contributed by atoms with van der Waals surface area (Å²) < 4.78 is 31.8. The van der Waals surface area contributed by atoms with Crippen LogP contribution in [0.3, 0.4) is 0 Å². The Morgan fingerprint density at radius 3 is 2.60 bits per heavy atom. The molecular formula is C11H11ClN4O3S. The topological polar surface area (TPSA) is 107 Å². The maximum atomic E-state index is 12.3. The normalized spacial score (nSPS) is 11.1. The van der Waals surface area contributed by atoms with E-state index < -0.39 is 10.0 Å². The van der Waals surface area contributed by atoms with Crippen LogP contribution in [-0.2, 0) is 10.0 Å². The van der Waals surface area contributed by atoms with E-state index >= 15 is 0 Å². The molecule has 0 fully saturated rings. The molecule has 9 heteroatoms. The highest BCUT2D eigenvalue weighted by Gasteiger charge is 2.20. The molecule has 0 amide bonds. The second-order valence-corrected chi connectivity index (χ2v) is 5.80. The van der Waals surface area contributed by atoms with E-state index in [9.17, 15) is 8.42 Å². The molecule has 0 saturated carbocycles. The van der Waals surface area contributed by atoms with Crippen LogP contribution in [0.15, 0.2) is 35.2 Å². The van der Waals surface area contributed by atoms with E-state index in [4.69, 9.17) is 22.1 Å². The van der Waals surface area contributed by atoms with E-state index in [1.54, 1.807) is 6.07 Å². The van der Waals surface area contributed by atoms with Crippen LogP contribution >= 0.6 is 11.6 Å². The Labute approximate surface area is 120 Å². The molecule has 0 spiro atoms. The summed E-state index contributed by atoms with van der Waals surface area (Å²) in [6.45, 7) is 0. The van der Waals surface area contributed by atoms with Crippen LogP contribution in [0, 0.1) is 0 Å². The van der Waals surface area contributed by atoms with Gasteiger partial charge in [-0.25, -0.2) is 8.42 Å². The number of anilines is 2. The van der Waals surface area contributed by atoms with Crippen molar-refractivity contribution < 1.29 is 13.2 Å². The molecule has 1 aromatic carbocycles. The predicted molar refractivity (Wildman–Crippen MR) is 75.3 cm³/mol. The van der Waals surface area contributed by atoms with Crippen LogP contribution in [0.5, 0.6) is 5.75 Å². The van der Waals surface area contributed by atoms with Gasteiger partial charge in [0.25, 0.3) is 10.0 Å². The Bertz CT molecular complexity index is 719. The van der Waals surface area contributed by atoms with E-state index in [0.29, 0.717) is 5.69 Å². The number of nitrogens with zero attached hydrogens (tertiary/aromatic N) is 2. The number of rotatable bonds is 4. The van der Waals surface area contributed by atoms with Crippen molar-refractivity contribution in [3.8, 4) is 5.75 Å². The highest BCUT2D eigenvalue weighted by atomic mass is 35.5. The van der Waals surface area contributed by atoms with Gasteiger partial charge >= 0.3 is 0 Å². The molecule has 0 aliphatic carbocycles. The van der Waals surface area contributed by atoms with E-state index in [0.717, 1.165) is 0 Å². The first kappa shape index (κ1) is 14.4. The number of nitrogens with two attached hydrogens (primary N) is 1. The van der Waals surface area contributed by atoms with E-state index in [2.05, 4.69) is 14.9 Å². The number of sulfonamides is 1. The van der Waals surface area contributed by atoms with Gasteiger partial charge in [0.15, 0.2) is 11.0 Å². The average Bonchev–Trinajstić information content (AvgIpc) is 2.41. The predicted octanol–water partition coefficient (Wildman–Crippen LogP) is 1.52. The average molecular weight is 315 g/mol. The molecule has 1 aromatic heterocycles. The van der Waals surface area contributed by atoms with Crippen LogP contribution in [0.2, 0.25) is 5.15 Å². The highest BCUT2D eigenvalue weighted by molar-refractivity contribution is 7.92. The van der Waals surface area contributed by atoms with Crippen molar-refractivity contribution in [1.82, 2.24) is 10.2 Å². The third kappa shape index (κ3) is 3.09. The van der Waals surface area contributed by atoms with Crippen molar-refractivity contribution in [3.63, 3.8) is 0 Å². The van der Waals surface area contributed by atoms with Gasteiger partial charge in [-0.15, -0.1) is 10.2 Å². The number of halogens is 1. The van der Waals surface area contributed by atoms with Crippen LogP contribution < -0.4 is 15.2 Å². The van der Waals surface area contributed by atoms with E-state index in [1.165, 1.54) is 31.4 Å². The van der Waals surface area contributed by atoms with Crippen molar-refractivity contribution >= 4 is 33.1 Å². The SMILES string of the molecule is COc1ccc(N)cc1S(=O)(=O)Nc1ccc(Cl)nn1. The van der Waals surface area contributed by atoms with Crippen molar-refractivity contribution in [1.29, 1.82) is 0 Å². The maximum absolute atomic E-state index is 12.3. The summed E-state index contributed by atoms with van der Waals surface area (Å²) in [4.78, 5) is -0.0863. The Morgan fingerprint density at radius 2 is 2.00 bits per heavy atom. The zero-order valence-corrected chi connectivity index (χ0v) is 11.9. The van der Waals surface area contributed by atoms with Gasteiger partial charge in [0.2, 0.25) is 0 Å². The monoisotopic (exact) mass is 314 g/mol. The molecule has 0 unspecified atom stereocenters. The molecular weight excluding hydrogens is 304 g/mol. The molecule has 2 aromatic rings. The fourth-order valence-electron chi connectivity index (χ4n) is 1.47. The van der Waals surface area contributed by atoms with Crippen molar-refractivity contribution in [3.05, 3.63) is 35.5 Å². The first-order valence-corrected chi connectivity index (χ1v) is 7.24. The molecule has 0 bridgehead atoms. The van der Waals surface area contributed by atoms with Crippen LogP contribution in [-0.4, -0.2) is 25.7 Å². The van der Waals surface area contributed by atoms with E-state index in [-0.39, 0.29) is 21.6 Å². The fraction of sp³-hybridized carbons (Fsp3) is 0.0909. The molecule has 7 nitrogen and oxygen atoms in total. The zero-order chi connectivity index (χ0) is 14.8. The number of hydrogen-bond acceptors (Lipinski definition) is 6. The lowest BCUT2D eigenvalue weighted by molar-refractivity contribution is 0.403. The van der Waals surface area contributed by atoms with Crippen molar-refractivity contribution in [2.24, 2.45) is 0 Å². The quantitative estimate of drug-likeness (QED) is 0.828. The van der Waals surface area contributed by atoms with Crippen LogP contribution in [0.25, 0.3) is 0 Å². The second-order valence-electron chi connectivity index (χ2n) is 3.76. The lowest BCUT2D eigenvalue weighted by Crippen LogP contribution is -2.15. The Hall–Kier alpha value is -2.06. The first-order chi connectivity index (χ1) is 9.42. The molecule has 0 atom stereocenters. The summed E-state index contributed by atoms with van der Waals surface area (Å²) in [6, 6.07) is 7.12. The van der Waals surface area contributed by atoms with Crippen molar-refractivity contribution in [2.75, 3.05) is 17.6 Å². The van der Waals surface area contributed by atoms with Gasteiger partial charge in [-0.05, 0) is 30.3 Å². The van der Waals surface area contributed by atoms with Gasteiger partial charge in [0, 0.05) is 5.69 Å². The van der Waals surface area contributed by atoms with Gasteiger partial charge in [-0.2, -0.15) is 0 Å². The minimum absolute atomic E-state index is 0.0406. The standard InChI is InChI=1S/C11H11ClN4O3S/c1-19-8-3-2-7(13)6-9(8)20(17,18)16-11-5-4-10(12)14-15-11/h2-6H,13H2,1H3,(H,15,16). The molecule has 3 N–H and O–H groups in total. The Balaban J connectivity index is 2.40. The Kier molecular flexibility index (Phi) is 3.96. The minimum Gasteiger partial charge on any atom is -0.495 e. The lowest BCUT2D eigenvalue weighted by Gasteiger charge is -2.11. The number of benzene rings is 1. The first-order valence-electron chi connectivity index (χ1n) is 5.38. The zero-order valence-electron chi connectivity index (χ0n) is 10.4. The molecule has 2 rings (SSSR count). The van der Waals surface area contributed by atoms with Gasteiger partial charge in [-0.3, -0.25) is 4.72 Å². The summed E-state index contributed by atoms with van der Waals surface area (Å²) in [6.07, 6.45) is 0. The number of nitrogen functional groups attached to an aromatic ring is 1. The van der Waals surface area contributed by atoms with Crippen LogP contribution in [0.4, 0.5) is 11.5 Å². The second kappa shape index (κ2) is 5.51. The smallest absolute Gasteiger partial charge is 0.266 e. The molecule has 0 saturated heterocycles. The summed E-state index contributed by atoms with van der Waals surface area (Å²) in [5.74, 6) is 0.215. The number of methoxy groups -OCH3 is 1. The van der Waals surface area contributed by atoms with Gasteiger partial charge in [0.1, 0.15) is 10.6 Å². The van der Waals surface area contributed by atoms with Crippen molar-refractivity contribution in [2.45, 2.75) is 4.90 Å². The molecule has 1 heterocycles. The lowest BCUT2D eigenvalue weighted by atomic mass is 10.3. The number of aromatic nitrogens is 2. The molecule has 0 aliphatic heterocycles. The molecule has 20 heavy (non-hydrogen) atoms. The van der Waals surface area contributed by atoms with Gasteiger partial charge in [0.05, 0.1) is 7.11 Å².